The zero-order valence-electron chi connectivity index (χ0n) is 11.2. The molecule has 0 amide bonds. The van der Waals surface area contributed by atoms with Crippen molar-refractivity contribution >= 4 is 22.0 Å². The maximum atomic E-state index is 10.8. The highest BCUT2D eigenvalue weighted by molar-refractivity contribution is 7.85. The summed E-state index contributed by atoms with van der Waals surface area (Å²) in [5, 5.41) is 4.02. The molecule has 0 spiro atoms. The van der Waals surface area contributed by atoms with Crippen LogP contribution in [-0.2, 0) is 10.1 Å². The minimum Gasteiger partial charge on any atom is -0.744 e. The minimum absolute atomic E-state index is 0.273. The third-order valence-corrected chi connectivity index (χ3v) is 3.49. The zero-order chi connectivity index (χ0) is 15.3. The van der Waals surface area contributed by atoms with Gasteiger partial charge in [-0.1, -0.05) is 12.1 Å². The van der Waals surface area contributed by atoms with Gasteiger partial charge in [-0.25, -0.2) is 8.42 Å². The van der Waals surface area contributed by atoms with E-state index in [-0.39, 0.29) is 4.90 Å². The van der Waals surface area contributed by atoms with Crippen LogP contribution in [0.4, 0.5) is 5.69 Å². The smallest absolute Gasteiger partial charge is 0.124 e. The van der Waals surface area contributed by atoms with Gasteiger partial charge in [-0.2, -0.15) is 5.10 Å². The molecule has 0 atom stereocenters. The van der Waals surface area contributed by atoms with Gasteiger partial charge in [0, 0.05) is 0 Å². The summed E-state index contributed by atoms with van der Waals surface area (Å²) in [6, 6.07) is 12.7. The van der Waals surface area contributed by atoms with Gasteiger partial charge in [-0.05, 0) is 42.0 Å². The molecule has 0 aliphatic heterocycles. The number of methoxy groups -OCH3 is 1. The largest absolute Gasteiger partial charge is 0.744 e. The first-order valence-corrected chi connectivity index (χ1v) is 7.39. The van der Waals surface area contributed by atoms with Crippen molar-refractivity contribution in [1.82, 2.24) is 0 Å². The predicted molar refractivity (Wildman–Crippen MR) is 78.6 cm³/mol. The summed E-state index contributed by atoms with van der Waals surface area (Å²) in [5.74, 6) is 0.726. The van der Waals surface area contributed by atoms with Gasteiger partial charge >= 0.3 is 0 Å². The van der Waals surface area contributed by atoms with Gasteiger partial charge in [0.2, 0.25) is 0 Å². The Bertz CT molecular complexity index is 740. The van der Waals surface area contributed by atoms with Crippen molar-refractivity contribution in [2.45, 2.75) is 4.90 Å². The first kappa shape index (κ1) is 15.0. The first-order valence-electron chi connectivity index (χ1n) is 5.98. The summed E-state index contributed by atoms with van der Waals surface area (Å²) >= 11 is 0. The molecule has 0 aromatic heterocycles. The molecule has 0 saturated heterocycles. The Morgan fingerprint density at radius 1 is 1.19 bits per heavy atom. The van der Waals surface area contributed by atoms with Crippen molar-refractivity contribution < 1.29 is 17.7 Å². The van der Waals surface area contributed by atoms with E-state index < -0.39 is 10.1 Å². The van der Waals surface area contributed by atoms with E-state index in [1.54, 1.807) is 13.3 Å². The van der Waals surface area contributed by atoms with E-state index in [1.165, 1.54) is 24.3 Å². The van der Waals surface area contributed by atoms with Crippen molar-refractivity contribution in [3.05, 3.63) is 54.1 Å². The number of benzene rings is 2. The molecule has 6 nitrogen and oxygen atoms in total. The molecule has 0 aliphatic rings. The number of hydrogen-bond acceptors (Lipinski definition) is 6. The summed E-state index contributed by atoms with van der Waals surface area (Å²) in [4.78, 5) is -0.273. The molecule has 0 unspecified atom stereocenters. The predicted octanol–water partition coefficient (Wildman–Crippen LogP) is 2.05. The summed E-state index contributed by atoms with van der Waals surface area (Å²) in [6.07, 6.45) is 1.60. The molecule has 110 valence electrons. The van der Waals surface area contributed by atoms with Crippen LogP contribution in [0.3, 0.4) is 0 Å². The number of hydrogen-bond donors (Lipinski definition) is 1. The second-order valence-corrected chi connectivity index (χ2v) is 5.50. The molecule has 21 heavy (non-hydrogen) atoms. The van der Waals surface area contributed by atoms with Crippen LogP contribution in [-0.4, -0.2) is 26.3 Å². The normalized spacial score (nSPS) is 11.5. The van der Waals surface area contributed by atoms with Crippen molar-refractivity contribution in [2.75, 3.05) is 12.5 Å². The summed E-state index contributed by atoms with van der Waals surface area (Å²) < 4.78 is 37.5. The van der Waals surface area contributed by atoms with E-state index in [1.807, 2.05) is 24.3 Å². The number of anilines is 1. The molecule has 7 heteroatoms. The standard InChI is InChI=1S/C14H14N2O4S/c1-20-13-4-2-3-11(9-13)10-15-16-12-5-7-14(8-6-12)21(17,18)19/h2-10,16H,1H3,(H,17,18,19)/p-1/b15-10+. The molecule has 0 heterocycles. The highest BCUT2D eigenvalue weighted by Crippen LogP contribution is 2.14. The van der Waals surface area contributed by atoms with Crippen molar-refractivity contribution in [1.29, 1.82) is 0 Å². The quantitative estimate of drug-likeness (QED) is 0.518. The van der Waals surface area contributed by atoms with Gasteiger partial charge < -0.3 is 9.29 Å². The van der Waals surface area contributed by atoms with Gasteiger partial charge in [0.05, 0.1) is 23.9 Å². The molecule has 1 N–H and O–H groups in total. The minimum atomic E-state index is -4.42. The number of ether oxygens (including phenoxy) is 1. The van der Waals surface area contributed by atoms with Crippen LogP contribution in [0.1, 0.15) is 5.56 Å². The van der Waals surface area contributed by atoms with Gasteiger partial charge in [0.15, 0.2) is 0 Å². The SMILES string of the molecule is COc1cccc(/C=N/Nc2ccc(S(=O)(=O)[O-])cc2)c1. The number of rotatable bonds is 5. The fraction of sp³-hybridized carbons (Fsp3) is 0.0714. The first-order chi connectivity index (χ1) is 9.99. The van der Waals surface area contributed by atoms with Crippen LogP contribution >= 0.6 is 0 Å². The van der Waals surface area contributed by atoms with Gasteiger partial charge in [0.1, 0.15) is 15.9 Å². The van der Waals surface area contributed by atoms with Crippen LogP contribution in [0.5, 0.6) is 5.75 Å². The maximum Gasteiger partial charge on any atom is 0.124 e. The summed E-state index contributed by atoms with van der Waals surface area (Å²) in [5.41, 5.74) is 4.16. The topological polar surface area (TPSA) is 90.8 Å². The van der Waals surface area contributed by atoms with Crippen molar-refractivity contribution in [3.63, 3.8) is 0 Å². The average molecular weight is 305 g/mol. The highest BCUT2D eigenvalue weighted by Gasteiger charge is 2.00. The average Bonchev–Trinajstić information content (AvgIpc) is 2.47. The third kappa shape index (κ3) is 4.30. The summed E-state index contributed by atoms with van der Waals surface area (Å²) in [6.45, 7) is 0. The zero-order valence-corrected chi connectivity index (χ0v) is 12.0. The van der Waals surface area contributed by atoms with Gasteiger partial charge in [-0.3, -0.25) is 5.43 Å². The molecule has 0 aliphatic carbocycles. The van der Waals surface area contributed by atoms with Gasteiger partial charge in [0.25, 0.3) is 0 Å². The number of nitrogens with zero attached hydrogens (tertiary/aromatic N) is 1. The molecule has 0 bridgehead atoms. The maximum absolute atomic E-state index is 10.8. The Morgan fingerprint density at radius 2 is 1.90 bits per heavy atom. The fourth-order valence-corrected chi connectivity index (χ4v) is 2.07. The highest BCUT2D eigenvalue weighted by atomic mass is 32.2. The molecular formula is C14H13N2O4S-. The Balaban J connectivity index is 2.04. The fourth-order valence-electron chi connectivity index (χ4n) is 1.60. The second-order valence-electron chi connectivity index (χ2n) is 4.13. The van der Waals surface area contributed by atoms with E-state index in [4.69, 9.17) is 4.74 Å². The van der Waals surface area contributed by atoms with Crippen LogP contribution < -0.4 is 10.2 Å². The van der Waals surface area contributed by atoms with Crippen LogP contribution in [0.15, 0.2) is 58.5 Å². The Morgan fingerprint density at radius 3 is 2.52 bits per heavy atom. The van der Waals surface area contributed by atoms with Crippen LogP contribution in [0.2, 0.25) is 0 Å². The molecule has 2 rings (SSSR count). The molecule has 0 saturated carbocycles. The lowest BCUT2D eigenvalue weighted by Gasteiger charge is -2.07. The van der Waals surface area contributed by atoms with E-state index in [9.17, 15) is 13.0 Å². The molecule has 0 fully saturated rings. The molecule has 0 radical (unpaired) electrons. The van der Waals surface area contributed by atoms with Crippen LogP contribution in [0, 0.1) is 0 Å². The third-order valence-electron chi connectivity index (χ3n) is 2.64. The molecular weight excluding hydrogens is 292 g/mol. The second kappa shape index (κ2) is 6.38. The van der Waals surface area contributed by atoms with E-state index >= 15 is 0 Å². The van der Waals surface area contributed by atoms with E-state index in [2.05, 4.69) is 10.5 Å². The summed E-state index contributed by atoms with van der Waals surface area (Å²) in [7, 11) is -2.84. The monoisotopic (exact) mass is 305 g/mol. The van der Waals surface area contributed by atoms with Crippen molar-refractivity contribution in [3.8, 4) is 5.75 Å². The lowest BCUT2D eigenvalue weighted by molar-refractivity contribution is 0.414. The molecule has 2 aromatic carbocycles. The molecule has 2 aromatic rings. The number of hydrazone groups is 1. The Labute approximate surface area is 122 Å². The van der Waals surface area contributed by atoms with Crippen molar-refractivity contribution in [2.24, 2.45) is 5.10 Å². The Hall–Kier alpha value is -2.38. The number of nitrogens with one attached hydrogen (secondary N) is 1. The van der Waals surface area contributed by atoms with Gasteiger partial charge in [-0.15, -0.1) is 0 Å². The van der Waals surface area contributed by atoms with Crippen LogP contribution in [0.25, 0.3) is 0 Å². The van der Waals surface area contributed by atoms with E-state index in [0.717, 1.165) is 11.3 Å². The lowest BCUT2D eigenvalue weighted by Crippen LogP contribution is -1.98. The van der Waals surface area contributed by atoms with E-state index in [0.29, 0.717) is 5.69 Å². The Kier molecular flexibility index (Phi) is 4.56. The lowest BCUT2D eigenvalue weighted by atomic mass is 10.2.